The first-order valence-electron chi connectivity index (χ1n) is 4.21. The van der Waals surface area contributed by atoms with E-state index >= 15 is 0 Å². The smallest absolute Gasteiger partial charge is 0.0944 e. The molecule has 1 saturated heterocycles. The predicted molar refractivity (Wildman–Crippen MR) is 44.5 cm³/mol. The molecule has 0 aromatic heterocycles. The van der Waals surface area contributed by atoms with Gasteiger partial charge in [-0.15, -0.1) is 0 Å². The maximum Gasteiger partial charge on any atom is 0.0944 e. The highest BCUT2D eigenvalue weighted by molar-refractivity contribution is 5.27. The van der Waals surface area contributed by atoms with E-state index < -0.39 is 0 Å². The van der Waals surface area contributed by atoms with Gasteiger partial charge in [-0.25, -0.2) is 0 Å². The molecule has 1 fully saturated rings. The van der Waals surface area contributed by atoms with Crippen LogP contribution in [0.3, 0.4) is 0 Å². The minimum absolute atomic E-state index is 0.326. The number of nitrogens with zero attached hydrogens (tertiary/aromatic N) is 2. The summed E-state index contributed by atoms with van der Waals surface area (Å²) in [5.41, 5.74) is 0.923. The Bertz CT molecular complexity index is 254. The molecule has 2 atom stereocenters. The lowest BCUT2D eigenvalue weighted by atomic mass is 9.96. The minimum atomic E-state index is 0.326. The first-order chi connectivity index (χ1) is 5.81. The van der Waals surface area contributed by atoms with Gasteiger partial charge in [-0.2, -0.15) is 5.26 Å². The van der Waals surface area contributed by atoms with Crippen LogP contribution in [0.15, 0.2) is 11.6 Å². The minimum Gasteiger partial charge on any atom is -0.378 e. The van der Waals surface area contributed by atoms with E-state index in [1.807, 2.05) is 6.08 Å². The molecule has 12 heavy (non-hydrogen) atoms. The fourth-order valence-corrected chi connectivity index (χ4v) is 1.84. The highest BCUT2D eigenvalue weighted by Gasteiger charge is 2.31. The number of hydrogen-bond donors (Lipinski definition) is 0. The van der Waals surface area contributed by atoms with Gasteiger partial charge in [-0.05, 0) is 13.5 Å². The molecule has 2 aliphatic rings. The molecule has 2 rings (SSSR count). The molecule has 0 aromatic carbocycles. The second-order valence-corrected chi connectivity index (χ2v) is 3.43. The second kappa shape index (κ2) is 2.89. The maximum atomic E-state index is 8.75. The van der Waals surface area contributed by atoms with Crippen LogP contribution in [-0.4, -0.2) is 37.2 Å². The van der Waals surface area contributed by atoms with Crippen molar-refractivity contribution < 1.29 is 4.74 Å². The first-order valence-corrected chi connectivity index (χ1v) is 4.21. The van der Waals surface area contributed by atoms with Gasteiger partial charge in [0.05, 0.1) is 25.3 Å². The average Bonchev–Trinajstić information content (AvgIpc) is 2.04. The van der Waals surface area contributed by atoms with E-state index in [1.165, 1.54) is 0 Å². The molecule has 0 aromatic rings. The van der Waals surface area contributed by atoms with Crippen LogP contribution in [0.5, 0.6) is 0 Å². The molecule has 2 unspecified atom stereocenters. The number of nitriles is 1. The van der Waals surface area contributed by atoms with E-state index in [4.69, 9.17) is 10.00 Å². The summed E-state index contributed by atoms with van der Waals surface area (Å²) in [5.74, 6) is 0. The van der Waals surface area contributed by atoms with Crippen molar-refractivity contribution in [3.8, 4) is 6.07 Å². The van der Waals surface area contributed by atoms with Gasteiger partial charge >= 0.3 is 0 Å². The van der Waals surface area contributed by atoms with Crippen molar-refractivity contribution in [1.82, 2.24) is 4.90 Å². The van der Waals surface area contributed by atoms with Gasteiger partial charge in [-0.3, -0.25) is 4.90 Å². The van der Waals surface area contributed by atoms with E-state index in [1.54, 1.807) is 0 Å². The number of ether oxygens (including phenoxy) is 1. The van der Waals surface area contributed by atoms with Crippen LogP contribution in [0.4, 0.5) is 0 Å². The topological polar surface area (TPSA) is 36.3 Å². The molecule has 2 bridgehead atoms. The summed E-state index contributed by atoms with van der Waals surface area (Å²) in [6.07, 6.45) is 2.87. The van der Waals surface area contributed by atoms with Crippen LogP contribution in [0.25, 0.3) is 0 Å². The van der Waals surface area contributed by atoms with Crippen LogP contribution in [0.2, 0.25) is 0 Å². The molecule has 0 aliphatic carbocycles. The summed E-state index contributed by atoms with van der Waals surface area (Å²) in [7, 11) is 2.10. The SMILES string of the molecule is CN1C2C=C(C#N)CC1COC2. The van der Waals surface area contributed by atoms with Crippen LogP contribution >= 0.6 is 0 Å². The number of hydrogen-bond acceptors (Lipinski definition) is 3. The molecule has 0 spiro atoms. The zero-order valence-electron chi connectivity index (χ0n) is 7.16. The Hall–Kier alpha value is -0.850. The van der Waals surface area contributed by atoms with Gasteiger partial charge in [0.15, 0.2) is 0 Å². The number of likely N-dealkylation sites (N-methyl/N-ethyl adjacent to an activating group) is 1. The summed E-state index contributed by atoms with van der Waals surface area (Å²) in [6.45, 7) is 1.50. The number of rotatable bonds is 0. The van der Waals surface area contributed by atoms with Gasteiger partial charge in [-0.1, -0.05) is 6.08 Å². The first kappa shape index (κ1) is 7.78. The normalized spacial score (nSPS) is 35.5. The lowest BCUT2D eigenvalue weighted by molar-refractivity contribution is -0.0250. The van der Waals surface area contributed by atoms with Crippen molar-refractivity contribution in [2.45, 2.75) is 18.5 Å². The zero-order valence-corrected chi connectivity index (χ0v) is 7.16. The summed E-state index contributed by atoms with van der Waals surface area (Å²) < 4.78 is 5.40. The van der Waals surface area contributed by atoms with Gasteiger partial charge in [0.1, 0.15) is 0 Å². The van der Waals surface area contributed by atoms with Crippen LogP contribution in [0.1, 0.15) is 6.42 Å². The zero-order chi connectivity index (χ0) is 8.55. The standard InChI is InChI=1S/C9H12N2O/c1-11-8-2-7(4-10)3-9(11)6-12-5-8/h2,8-9H,3,5-6H2,1H3. The molecular weight excluding hydrogens is 152 g/mol. The van der Waals surface area contributed by atoms with Crippen molar-refractivity contribution in [2.24, 2.45) is 0 Å². The summed E-state index contributed by atoms with van der Waals surface area (Å²) >= 11 is 0. The molecule has 0 saturated carbocycles. The maximum absolute atomic E-state index is 8.75. The third-order valence-electron chi connectivity index (χ3n) is 2.69. The van der Waals surface area contributed by atoms with Crippen LogP contribution in [0, 0.1) is 11.3 Å². The van der Waals surface area contributed by atoms with Crippen molar-refractivity contribution in [1.29, 1.82) is 5.26 Å². The average molecular weight is 164 g/mol. The number of morpholine rings is 1. The molecule has 0 N–H and O–H groups in total. The molecular formula is C9H12N2O. The highest BCUT2D eigenvalue weighted by atomic mass is 16.5. The lowest BCUT2D eigenvalue weighted by Gasteiger charge is -2.41. The third-order valence-corrected chi connectivity index (χ3v) is 2.69. The van der Waals surface area contributed by atoms with E-state index in [0.717, 1.165) is 25.2 Å². The molecule has 3 heteroatoms. The molecule has 2 heterocycles. The van der Waals surface area contributed by atoms with Gasteiger partial charge in [0.25, 0.3) is 0 Å². The Labute approximate surface area is 72.2 Å². The van der Waals surface area contributed by atoms with E-state index in [2.05, 4.69) is 18.0 Å². The van der Waals surface area contributed by atoms with Crippen LogP contribution in [-0.2, 0) is 4.74 Å². The highest BCUT2D eigenvalue weighted by Crippen LogP contribution is 2.24. The fourth-order valence-electron chi connectivity index (χ4n) is 1.84. The Kier molecular flexibility index (Phi) is 1.87. The van der Waals surface area contributed by atoms with Crippen molar-refractivity contribution >= 4 is 0 Å². The van der Waals surface area contributed by atoms with Crippen LogP contribution < -0.4 is 0 Å². The molecule has 3 nitrogen and oxygen atoms in total. The monoisotopic (exact) mass is 164 g/mol. The molecule has 64 valence electrons. The summed E-state index contributed by atoms with van der Waals surface area (Å²) in [6, 6.07) is 2.98. The Balaban J connectivity index is 2.24. The molecule has 0 radical (unpaired) electrons. The molecule has 2 aliphatic heterocycles. The van der Waals surface area contributed by atoms with E-state index in [0.29, 0.717) is 12.1 Å². The summed E-state index contributed by atoms with van der Waals surface area (Å²) in [5, 5.41) is 8.75. The Morgan fingerprint density at radius 2 is 2.50 bits per heavy atom. The quantitative estimate of drug-likeness (QED) is 0.524. The molecule has 0 amide bonds. The largest absolute Gasteiger partial charge is 0.378 e. The van der Waals surface area contributed by atoms with Gasteiger partial charge < -0.3 is 4.74 Å². The van der Waals surface area contributed by atoms with E-state index in [9.17, 15) is 0 Å². The second-order valence-electron chi connectivity index (χ2n) is 3.43. The van der Waals surface area contributed by atoms with Gasteiger partial charge in [0.2, 0.25) is 0 Å². The number of fused-ring (bicyclic) bond motifs is 2. The predicted octanol–water partition coefficient (Wildman–Crippen LogP) is 0.539. The van der Waals surface area contributed by atoms with Crippen molar-refractivity contribution in [3.05, 3.63) is 11.6 Å². The van der Waals surface area contributed by atoms with Gasteiger partial charge in [0, 0.05) is 11.6 Å². The summed E-state index contributed by atoms with van der Waals surface area (Å²) in [4.78, 5) is 2.30. The fraction of sp³-hybridized carbons (Fsp3) is 0.667. The van der Waals surface area contributed by atoms with Crippen molar-refractivity contribution in [2.75, 3.05) is 20.3 Å². The Morgan fingerprint density at radius 3 is 3.17 bits per heavy atom. The lowest BCUT2D eigenvalue weighted by Crippen LogP contribution is -2.51. The van der Waals surface area contributed by atoms with Crippen molar-refractivity contribution in [3.63, 3.8) is 0 Å². The Morgan fingerprint density at radius 1 is 1.67 bits per heavy atom. The third kappa shape index (κ3) is 1.13. The van der Waals surface area contributed by atoms with E-state index in [-0.39, 0.29) is 0 Å².